The zero-order valence-corrected chi connectivity index (χ0v) is 19.4. The Morgan fingerprint density at radius 2 is 1.42 bits per heavy atom. The van der Waals surface area contributed by atoms with Crippen LogP contribution in [0.5, 0.6) is 0 Å². The number of allylic oxidation sites excluding steroid dienone is 3. The van der Waals surface area contributed by atoms with Crippen LogP contribution in [0, 0.1) is 35.5 Å². The molecule has 0 heterocycles. The van der Waals surface area contributed by atoms with Gasteiger partial charge < -0.3 is 9.90 Å². The van der Waals surface area contributed by atoms with Crippen LogP contribution in [0.2, 0.25) is 0 Å². The van der Waals surface area contributed by atoms with Crippen LogP contribution in [0.1, 0.15) is 70.6 Å². The van der Waals surface area contributed by atoms with E-state index in [1.54, 1.807) is 11.1 Å². The first-order valence-electron chi connectivity index (χ1n) is 8.84. The second-order valence-electron chi connectivity index (χ2n) is 5.47. The zero-order chi connectivity index (χ0) is 18.4. The Bertz CT molecular complexity index is 589. The number of rotatable bonds is 11. The molecule has 0 unspecified atom stereocenters. The Morgan fingerprint density at radius 1 is 0.846 bits per heavy atom. The van der Waals surface area contributed by atoms with Crippen LogP contribution in [0.3, 0.4) is 0 Å². The van der Waals surface area contributed by atoms with Crippen molar-refractivity contribution >= 4 is 21.9 Å². The Balaban J connectivity index is 0. The number of hydrogen-bond acceptors (Lipinski definition) is 2. The number of carbonyl (C=O) groups excluding carboxylic acids is 1. The summed E-state index contributed by atoms with van der Waals surface area (Å²) < 4.78 is 0. The molecule has 4 heteroatoms. The Hall–Kier alpha value is -0.890. The van der Waals surface area contributed by atoms with Gasteiger partial charge in [0.1, 0.15) is 0 Å². The summed E-state index contributed by atoms with van der Waals surface area (Å²) in [5, 5.41) is 10.2. The molecule has 0 aromatic rings. The van der Waals surface area contributed by atoms with Gasteiger partial charge in [0.2, 0.25) is 0 Å². The molecule has 0 aromatic carbocycles. The third-order valence-corrected chi connectivity index (χ3v) is 3.54. The fraction of sp³-hybridized carbons (Fsp3) is 0.500. The number of carboxylic acid groups (broad SMARTS) is 1. The van der Waals surface area contributed by atoms with Crippen LogP contribution in [0.15, 0.2) is 23.2 Å². The predicted octanol–water partition coefficient (Wildman–Crippen LogP) is 1.51. The monoisotopic (exact) mass is 424 g/mol. The first kappa shape index (κ1) is 27.3. The first-order chi connectivity index (χ1) is 12.3. The molecule has 0 aromatic heterocycles. The maximum absolute atomic E-state index is 10.2. The van der Waals surface area contributed by atoms with Crippen molar-refractivity contribution in [2.24, 2.45) is 0 Å². The van der Waals surface area contributed by atoms with E-state index in [0.717, 1.165) is 64.2 Å². The second kappa shape index (κ2) is 24.1. The molecule has 0 fully saturated rings. The summed E-state index contributed by atoms with van der Waals surface area (Å²) in [5.74, 6) is 16.8. The van der Waals surface area contributed by atoms with E-state index in [2.05, 4.69) is 57.5 Å². The summed E-state index contributed by atoms with van der Waals surface area (Å²) in [5.41, 5.74) is 0. The van der Waals surface area contributed by atoms with Crippen molar-refractivity contribution in [3.63, 3.8) is 0 Å². The van der Waals surface area contributed by atoms with E-state index in [0.29, 0.717) is 0 Å². The molecule has 0 spiro atoms. The fourth-order valence-electron chi connectivity index (χ4n) is 1.97. The minimum Gasteiger partial charge on any atom is -0.550 e. The van der Waals surface area contributed by atoms with Crippen molar-refractivity contribution in [1.82, 2.24) is 0 Å². The van der Waals surface area contributed by atoms with Crippen LogP contribution < -0.4 is 34.7 Å². The van der Waals surface area contributed by atoms with Crippen LogP contribution in [0.25, 0.3) is 0 Å². The molecule has 0 radical (unpaired) electrons. The number of carbonyl (C=O) groups is 1. The Labute approximate surface area is 189 Å². The molecule has 0 rings (SSSR count). The summed E-state index contributed by atoms with van der Waals surface area (Å²) in [7, 11) is 0. The Kier molecular flexibility index (Phi) is 25.3. The largest absolute Gasteiger partial charge is 1.00 e. The van der Waals surface area contributed by atoms with E-state index < -0.39 is 5.97 Å². The van der Waals surface area contributed by atoms with Gasteiger partial charge in [-0.2, -0.15) is 0 Å². The van der Waals surface area contributed by atoms with E-state index in [-0.39, 0.29) is 36.0 Å². The molecule has 2 nitrogen and oxygen atoms in total. The molecule has 0 bridgehead atoms. The van der Waals surface area contributed by atoms with E-state index in [4.69, 9.17) is 0 Å². The van der Waals surface area contributed by atoms with E-state index in [1.165, 1.54) is 0 Å². The van der Waals surface area contributed by atoms with Gasteiger partial charge in [-0.05, 0) is 67.5 Å². The van der Waals surface area contributed by atoms with Gasteiger partial charge in [0.25, 0.3) is 0 Å². The standard InChI is InChI=1S/C22H27BrO2.Na/c23-21-19-17-15-13-11-9-7-5-3-1-2-4-6-8-10-12-14-16-18-20-22(24)25;/h11,13,19,21H,3,5,7-10,12,14,16,18,20H2,(H,24,25);/q;+1/p-1/b13-11+,21-19+;. The SMILES string of the molecule is O=C([O-])CCCCCCCC#CC#CCCCC/C=C/C#C/C=C/Br.[Na+]. The number of aliphatic carboxylic acids is 1. The normalized spacial score (nSPS) is 9.42. The minimum absolute atomic E-state index is 0. The summed E-state index contributed by atoms with van der Waals surface area (Å²) in [6.45, 7) is 0. The number of halogens is 1. The van der Waals surface area contributed by atoms with Gasteiger partial charge in [-0.15, -0.1) is 0 Å². The second-order valence-corrected chi connectivity index (χ2v) is 6.00. The van der Waals surface area contributed by atoms with Gasteiger partial charge in [-0.1, -0.05) is 65.0 Å². The van der Waals surface area contributed by atoms with Crippen LogP contribution in [0.4, 0.5) is 0 Å². The fourth-order valence-corrected chi connectivity index (χ4v) is 2.10. The summed E-state index contributed by atoms with van der Waals surface area (Å²) in [4.78, 5) is 12.0. The predicted molar refractivity (Wildman–Crippen MR) is 106 cm³/mol. The molecule has 0 aliphatic rings. The van der Waals surface area contributed by atoms with Gasteiger partial charge in [0.15, 0.2) is 0 Å². The van der Waals surface area contributed by atoms with Crippen LogP contribution >= 0.6 is 15.9 Å². The molecule has 0 atom stereocenters. The molecule has 0 saturated carbocycles. The van der Waals surface area contributed by atoms with Gasteiger partial charge in [-0.3, -0.25) is 0 Å². The van der Waals surface area contributed by atoms with Crippen LogP contribution in [-0.2, 0) is 4.79 Å². The molecule has 0 aliphatic carbocycles. The molecular weight excluding hydrogens is 399 g/mol. The topological polar surface area (TPSA) is 40.1 Å². The quantitative estimate of drug-likeness (QED) is 0.286. The van der Waals surface area contributed by atoms with Gasteiger partial charge in [-0.25, -0.2) is 0 Å². The van der Waals surface area contributed by atoms with Crippen LogP contribution in [-0.4, -0.2) is 5.97 Å². The van der Waals surface area contributed by atoms with E-state index in [9.17, 15) is 9.90 Å². The zero-order valence-electron chi connectivity index (χ0n) is 15.8. The Morgan fingerprint density at radius 3 is 2.08 bits per heavy atom. The molecule has 134 valence electrons. The molecule has 0 amide bonds. The maximum Gasteiger partial charge on any atom is 1.00 e. The van der Waals surface area contributed by atoms with Gasteiger partial charge in [0.05, 0.1) is 0 Å². The van der Waals surface area contributed by atoms with E-state index >= 15 is 0 Å². The van der Waals surface area contributed by atoms with Gasteiger partial charge in [0, 0.05) is 18.8 Å². The average Bonchev–Trinajstić information content (AvgIpc) is 2.60. The van der Waals surface area contributed by atoms with Crippen molar-refractivity contribution < 1.29 is 39.5 Å². The smallest absolute Gasteiger partial charge is 0.550 e. The first-order valence-corrected chi connectivity index (χ1v) is 9.76. The molecule has 0 N–H and O–H groups in total. The molecule has 0 saturated heterocycles. The van der Waals surface area contributed by atoms with Gasteiger partial charge >= 0.3 is 29.6 Å². The maximum atomic E-state index is 10.2. The van der Waals surface area contributed by atoms with Crippen molar-refractivity contribution in [3.05, 3.63) is 23.2 Å². The molecular formula is C22H26BrNaO2. The number of unbranched alkanes of at least 4 members (excludes halogenated alkanes) is 8. The van der Waals surface area contributed by atoms with Crippen molar-refractivity contribution in [1.29, 1.82) is 0 Å². The third kappa shape index (κ3) is 25.4. The minimum atomic E-state index is -0.950. The third-order valence-electron chi connectivity index (χ3n) is 3.28. The summed E-state index contributed by atoms with van der Waals surface area (Å²) >= 11 is 3.16. The number of carboxylic acids is 1. The number of hydrogen-bond donors (Lipinski definition) is 0. The van der Waals surface area contributed by atoms with Crippen molar-refractivity contribution in [2.75, 3.05) is 0 Å². The summed E-state index contributed by atoms with van der Waals surface area (Å²) in [6.07, 6.45) is 15.8. The summed E-state index contributed by atoms with van der Waals surface area (Å²) in [6, 6.07) is 0. The van der Waals surface area contributed by atoms with E-state index in [1.807, 2.05) is 6.08 Å². The molecule has 0 aliphatic heterocycles. The van der Waals surface area contributed by atoms with Crippen molar-refractivity contribution in [2.45, 2.75) is 70.6 Å². The average molecular weight is 425 g/mol. The molecule has 26 heavy (non-hydrogen) atoms. The van der Waals surface area contributed by atoms with Crippen molar-refractivity contribution in [3.8, 4) is 35.5 Å².